The Kier molecular flexibility index (Phi) is 2.55. The SMILES string of the molecule is O=C(NC1(C(=O)O)CCC1)c1c[nH]c2ccccc12. The zero-order valence-corrected chi connectivity index (χ0v) is 10.3. The van der Waals surface area contributed by atoms with E-state index in [0.29, 0.717) is 18.4 Å². The minimum Gasteiger partial charge on any atom is -0.480 e. The third-order valence-corrected chi connectivity index (χ3v) is 3.80. The van der Waals surface area contributed by atoms with Crippen molar-refractivity contribution < 1.29 is 14.7 Å². The summed E-state index contributed by atoms with van der Waals surface area (Å²) in [7, 11) is 0. The zero-order chi connectivity index (χ0) is 13.5. The quantitative estimate of drug-likeness (QED) is 0.786. The molecule has 0 bridgehead atoms. The summed E-state index contributed by atoms with van der Waals surface area (Å²) < 4.78 is 0. The summed E-state index contributed by atoms with van der Waals surface area (Å²) in [4.78, 5) is 26.5. The second-order valence-electron chi connectivity index (χ2n) is 4.94. The van der Waals surface area contributed by atoms with E-state index in [1.54, 1.807) is 6.20 Å². The Morgan fingerprint density at radius 2 is 2.00 bits per heavy atom. The summed E-state index contributed by atoms with van der Waals surface area (Å²) in [5, 5.41) is 12.7. The number of carboxylic acids is 1. The normalized spacial score (nSPS) is 16.8. The van der Waals surface area contributed by atoms with Crippen molar-refractivity contribution in [2.75, 3.05) is 0 Å². The summed E-state index contributed by atoms with van der Waals surface area (Å²) in [6.45, 7) is 0. The van der Waals surface area contributed by atoms with Crippen LogP contribution in [0.4, 0.5) is 0 Å². The highest BCUT2D eigenvalue weighted by Crippen LogP contribution is 2.32. The fourth-order valence-electron chi connectivity index (χ4n) is 2.47. The Labute approximate surface area is 109 Å². The number of carbonyl (C=O) groups is 2. The van der Waals surface area contributed by atoms with E-state index >= 15 is 0 Å². The van der Waals surface area contributed by atoms with Gasteiger partial charge in [0.25, 0.3) is 5.91 Å². The molecular weight excluding hydrogens is 244 g/mol. The molecule has 5 heteroatoms. The van der Waals surface area contributed by atoms with Crippen LogP contribution in [-0.4, -0.2) is 27.5 Å². The molecule has 0 saturated heterocycles. The van der Waals surface area contributed by atoms with Crippen LogP contribution in [0.3, 0.4) is 0 Å². The van der Waals surface area contributed by atoms with Gasteiger partial charge in [0.1, 0.15) is 5.54 Å². The largest absolute Gasteiger partial charge is 0.480 e. The van der Waals surface area contributed by atoms with E-state index in [1.807, 2.05) is 24.3 Å². The van der Waals surface area contributed by atoms with Gasteiger partial charge in [0.15, 0.2) is 0 Å². The lowest BCUT2D eigenvalue weighted by molar-refractivity contribution is -0.148. The van der Waals surface area contributed by atoms with Gasteiger partial charge in [-0.1, -0.05) is 18.2 Å². The standard InChI is InChI=1S/C14H14N2O3/c17-12(16-14(13(18)19)6-3-7-14)10-8-15-11-5-2-1-4-9(10)11/h1-2,4-5,8,15H,3,6-7H2,(H,16,17)(H,18,19). The minimum atomic E-state index is -1.07. The van der Waals surface area contributed by atoms with Crippen LogP contribution in [0.2, 0.25) is 0 Å². The molecule has 19 heavy (non-hydrogen) atoms. The van der Waals surface area contributed by atoms with Gasteiger partial charge >= 0.3 is 5.97 Å². The van der Waals surface area contributed by atoms with Crippen LogP contribution in [0.1, 0.15) is 29.6 Å². The van der Waals surface area contributed by atoms with Crippen molar-refractivity contribution in [1.82, 2.24) is 10.3 Å². The maximum Gasteiger partial charge on any atom is 0.329 e. The lowest BCUT2D eigenvalue weighted by Crippen LogP contribution is -2.59. The van der Waals surface area contributed by atoms with Crippen LogP contribution >= 0.6 is 0 Å². The molecule has 5 nitrogen and oxygen atoms in total. The second kappa shape index (κ2) is 4.12. The lowest BCUT2D eigenvalue weighted by atomic mass is 9.76. The highest BCUT2D eigenvalue weighted by atomic mass is 16.4. The molecule has 3 rings (SSSR count). The molecule has 0 radical (unpaired) electrons. The monoisotopic (exact) mass is 258 g/mol. The van der Waals surface area contributed by atoms with E-state index < -0.39 is 11.5 Å². The fraction of sp³-hybridized carbons (Fsp3) is 0.286. The van der Waals surface area contributed by atoms with E-state index in [2.05, 4.69) is 10.3 Å². The fourth-order valence-corrected chi connectivity index (χ4v) is 2.47. The molecule has 1 aliphatic rings. The molecule has 0 aliphatic heterocycles. The molecule has 1 fully saturated rings. The molecule has 3 N–H and O–H groups in total. The van der Waals surface area contributed by atoms with Gasteiger partial charge < -0.3 is 15.4 Å². The molecule has 1 aromatic carbocycles. The number of nitrogens with one attached hydrogen (secondary N) is 2. The van der Waals surface area contributed by atoms with Gasteiger partial charge in [-0.3, -0.25) is 4.79 Å². The van der Waals surface area contributed by atoms with Crippen LogP contribution in [0.15, 0.2) is 30.5 Å². The number of aromatic amines is 1. The third kappa shape index (κ3) is 1.78. The summed E-state index contributed by atoms with van der Waals surface area (Å²) in [5.41, 5.74) is 0.281. The van der Waals surface area contributed by atoms with E-state index in [-0.39, 0.29) is 5.91 Å². The maximum atomic E-state index is 12.2. The first kappa shape index (κ1) is 11.8. The summed E-state index contributed by atoms with van der Waals surface area (Å²) in [6, 6.07) is 7.45. The van der Waals surface area contributed by atoms with Crippen molar-refractivity contribution in [3.05, 3.63) is 36.0 Å². The van der Waals surface area contributed by atoms with E-state index in [9.17, 15) is 14.7 Å². The first-order valence-electron chi connectivity index (χ1n) is 6.24. The number of carbonyl (C=O) groups excluding carboxylic acids is 1. The number of rotatable bonds is 3. The number of hydrogen-bond donors (Lipinski definition) is 3. The summed E-state index contributed by atoms with van der Waals surface area (Å²) >= 11 is 0. The highest BCUT2D eigenvalue weighted by molar-refractivity contribution is 6.08. The van der Waals surface area contributed by atoms with Crippen LogP contribution in [0, 0.1) is 0 Å². The van der Waals surface area contributed by atoms with Gasteiger partial charge in [0.2, 0.25) is 0 Å². The maximum absolute atomic E-state index is 12.2. The summed E-state index contributed by atoms with van der Waals surface area (Å²) in [5.74, 6) is -1.29. The molecule has 1 saturated carbocycles. The van der Waals surface area contributed by atoms with Gasteiger partial charge in [-0.25, -0.2) is 4.79 Å². The van der Waals surface area contributed by atoms with Crippen LogP contribution in [-0.2, 0) is 4.79 Å². The predicted octanol–water partition coefficient (Wildman–Crippen LogP) is 1.90. The smallest absolute Gasteiger partial charge is 0.329 e. The number of aliphatic carboxylic acids is 1. The van der Waals surface area contributed by atoms with E-state index in [1.165, 1.54) is 0 Å². The molecule has 0 unspecified atom stereocenters. The first-order chi connectivity index (χ1) is 9.12. The van der Waals surface area contributed by atoms with Gasteiger partial charge in [0.05, 0.1) is 5.56 Å². The number of carboxylic acid groups (broad SMARTS) is 1. The number of benzene rings is 1. The average molecular weight is 258 g/mol. The number of fused-ring (bicyclic) bond motifs is 1. The molecule has 1 amide bonds. The first-order valence-corrected chi connectivity index (χ1v) is 6.24. The third-order valence-electron chi connectivity index (χ3n) is 3.80. The number of para-hydroxylation sites is 1. The van der Waals surface area contributed by atoms with Crippen molar-refractivity contribution in [2.45, 2.75) is 24.8 Å². The molecule has 1 aliphatic carbocycles. The Hall–Kier alpha value is -2.30. The number of amides is 1. The van der Waals surface area contributed by atoms with Crippen molar-refractivity contribution in [2.24, 2.45) is 0 Å². The van der Waals surface area contributed by atoms with Crippen molar-refractivity contribution in [1.29, 1.82) is 0 Å². The lowest BCUT2D eigenvalue weighted by Gasteiger charge is -2.38. The van der Waals surface area contributed by atoms with E-state index in [4.69, 9.17) is 0 Å². The molecule has 98 valence electrons. The van der Waals surface area contributed by atoms with Crippen LogP contribution in [0.25, 0.3) is 10.9 Å². The van der Waals surface area contributed by atoms with Gasteiger partial charge in [-0.2, -0.15) is 0 Å². The number of aromatic nitrogens is 1. The molecule has 0 spiro atoms. The van der Waals surface area contributed by atoms with Gasteiger partial charge in [-0.05, 0) is 25.3 Å². The Morgan fingerprint density at radius 3 is 2.63 bits per heavy atom. The van der Waals surface area contributed by atoms with Crippen molar-refractivity contribution in [3.8, 4) is 0 Å². The van der Waals surface area contributed by atoms with E-state index in [0.717, 1.165) is 17.3 Å². The molecule has 2 aromatic rings. The van der Waals surface area contributed by atoms with Gasteiger partial charge in [0, 0.05) is 17.1 Å². The second-order valence-corrected chi connectivity index (χ2v) is 4.94. The summed E-state index contributed by atoms with van der Waals surface area (Å²) in [6.07, 6.45) is 3.45. The van der Waals surface area contributed by atoms with Crippen molar-refractivity contribution in [3.63, 3.8) is 0 Å². The Bertz CT molecular complexity index is 656. The Balaban J connectivity index is 1.90. The van der Waals surface area contributed by atoms with Crippen LogP contribution < -0.4 is 5.32 Å². The van der Waals surface area contributed by atoms with Gasteiger partial charge in [-0.15, -0.1) is 0 Å². The molecule has 0 atom stereocenters. The topological polar surface area (TPSA) is 82.2 Å². The molecule has 1 heterocycles. The number of hydrogen-bond acceptors (Lipinski definition) is 2. The molecular formula is C14H14N2O3. The minimum absolute atomic E-state index is 0.334. The van der Waals surface area contributed by atoms with Crippen molar-refractivity contribution >= 4 is 22.8 Å². The molecule has 1 aromatic heterocycles. The average Bonchev–Trinajstić information content (AvgIpc) is 2.77. The van der Waals surface area contributed by atoms with Crippen LogP contribution in [0.5, 0.6) is 0 Å². The Morgan fingerprint density at radius 1 is 1.26 bits per heavy atom. The number of H-pyrrole nitrogens is 1. The predicted molar refractivity (Wildman–Crippen MR) is 70.0 cm³/mol. The zero-order valence-electron chi connectivity index (χ0n) is 10.3. The highest BCUT2D eigenvalue weighted by Gasteiger charge is 2.45.